The van der Waals surface area contributed by atoms with Crippen LogP contribution in [0.2, 0.25) is 0 Å². The summed E-state index contributed by atoms with van der Waals surface area (Å²) in [6.45, 7) is 5.42. The Morgan fingerprint density at radius 1 is 1.17 bits per heavy atom. The van der Waals surface area contributed by atoms with Gasteiger partial charge in [0.2, 0.25) is 0 Å². The Balaban J connectivity index is 2.45. The highest BCUT2D eigenvalue weighted by Crippen LogP contribution is 2.14. The van der Waals surface area contributed by atoms with Gasteiger partial charge in [0.05, 0.1) is 0 Å². The van der Waals surface area contributed by atoms with Crippen LogP contribution in [0.15, 0.2) is 24.3 Å². The minimum atomic E-state index is -0.000148. The first-order valence-corrected chi connectivity index (χ1v) is 6.23. The van der Waals surface area contributed by atoms with Crippen LogP contribution in [-0.2, 0) is 16.0 Å². The lowest BCUT2D eigenvalue weighted by molar-refractivity contribution is -0.123. The molecule has 0 unspecified atom stereocenters. The average molecular weight is 248 g/mol. The molecule has 3 nitrogen and oxygen atoms in total. The first-order valence-electron chi connectivity index (χ1n) is 6.23. The zero-order chi connectivity index (χ0) is 13.5. The summed E-state index contributed by atoms with van der Waals surface area (Å²) in [6.07, 6.45) is 1.31. The highest BCUT2D eigenvalue weighted by Gasteiger charge is 2.07. The molecular formula is C15H20O3. The molecule has 1 aromatic rings. The van der Waals surface area contributed by atoms with Gasteiger partial charge in [-0.25, -0.2) is 0 Å². The number of carbonyl (C=O) groups excluding carboxylic acids is 2. The van der Waals surface area contributed by atoms with Gasteiger partial charge in [-0.15, -0.1) is 0 Å². The number of ether oxygens (including phenoxy) is 1. The lowest BCUT2D eigenvalue weighted by Crippen LogP contribution is -2.16. The number of carbonyl (C=O) groups is 2. The minimum absolute atomic E-state index is 0.000148. The van der Waals surface area contributed by atoms with E-state index in [9.17, 15) is 9.59 Å². The van der Waals surface area contributed by atoms with Gasteiger partial charge in [-0.3, -0.25) is 4.79 Å². The molecule has 0 spiro atoms. The van der Waals surface area contributed by atoms with E-state index in [-0.39, 0.29) is 24.1 Å². The van der Waals surface area contributed by atoms with E-state index in [0.717, 1.165) is 12.0 Å². The van der Waals surface area contributed by atoms with Crippen LogP contribution in [-0.4, -0.2) is 18.2 Å². The number of Topliss-reactive ketones (excluding diaryl/α,β-unsaturated/α-hetero) is 2. The fourth-order valence-corrected chi connectivity index (χ4v) is 1.39. The van der Waals surface area contributed by atoms with Crippen molar-refractivity contribution in [2.24, 2.45) is 5.92 Å². The predicted molar refractivity (Wildman–Crippen MR) is 70.8 cm³/mol. The Hall–Kier alpha value is -1.64. The van der Waals surface area contributed by atoms with Crippen LogP contribution in [0, 0.1) is 5.92 Å². The molecule has 0 aromatic heterocycles. The van der Waals surface area contributed by atoms with Crippen molar-refractivity contribution in [3.8, 4) is 5.75 Å². The van der Waals surface area contributed by atoms with Crippen molar-refractivity contribution in [3.63, 3.8) is 0 Å². The van der Waals surface area contributed by atoms with Gasteiger partial charge in [-0.2, -0.15) is 0 Å². The van der Waals surface area contributed by atoms with Crippen LogP contribution in [0.25, 0.3) is 0 Å². The second-order valence-corrected chi connectivity index (χ2v) is 4.76. The fraction of sp³-hybridized carbons (Fsp3) is 0.467. The molecule has 0 amide bonds. The Kier molecular flexibility index (Phi) is 5.56. The summed E-state index contributed by atoms with van der Waals surface area (Å²) in [5.74, 6) is 0.976. The summed E-state index contributed by atoms with van der Waals surface area (Å²) in [6, 6.07) is 7.53. The summed E-state index contributed by atoms with van der Waals surface area (Å²) in [7, 11) is 0. The van der Waals surface area contributed by atoms with Crippen LogP contribution in [0.4, 0.5) is 0 Å². The van der Waals surface area contributed by atoms with Gasteiger partial charge in [-0.05, 0) is 31.0 Å². The fourth-order valence-electron chi connectivity index (χ4n) is 1.39. The maximum atomic E-state index is 11.4. The van der Waals surface area contributed by atoms with Crippen molar-refractivity contribution in [1.82, 2.24) is 0 Å². The van der Waals surface area contributed by atoms with Gasteiger partial charge in [0.25, 0.3) is 0 Å². The molecule has 1 rings (SSSR count). The third-order valence-corrected chi connectivity index (χ3v) is 2.71. The Morgan fingerprint density at radius 3 is 2.28 bits per heavy atom. The molecule has 0 radical (unpaired) electrons. The van der Waals surface area contributed by atoms with Gasteiger partial charge in [-0.1, -0.05) is 26.0 Å². The van der Waals surface area contributed by atoms with Gasteiger partial charge in [0, 0.05) is 12.3 Å². The molecule has 0 fully saturated rings. The molecule has 0 atom stereocenters. The second-order valence-electron chi connectivity index (χ2n) is 4.76. The molecule has 18 heavy (non-hydrogen) atoms. The molecule has 0 heterocycles. The topological polar surface area (TPSA) is 43.4 Å². The van der Waals surface area contributed by atoms with Crippen LogP contribution in [0.1, 0.15) is 32.8 Å². The summed E-state index contributed by atoms with van der Waals surface area (Å²) in [5, 5.41) is 0. The first-order chi connectivity index (χ1) is 8.49. The number of benzene rings is 1. The first kappa shape index (κ1) is 14.4. The number of aryl methyl sites for hydroxylation is 1. The smallest absolute Gasteiger partial charge is 0.172 e. The van der Waals surface area contributed by atoms with E-state index in [2.05, 4.69) is 0 Å². The van der Waals surface area contributed by atoms with E-state index >= 15 is 0 Å². The van der Waals surface area contributed by atoms with Crippen LogP contribution < -0.4 is 4.74 Å². The number of rotatable bonds is 7. The molecule has 3 heteroatoms. The van der Waals surface area contributed by atoms with Gasteiger partial charge >= 0.3 is 0 Å². The summed E-state index contributed by atoms with van der Waals surface area (Å²) >= 11 is 0. The standard InChI is InChI=1S/C15H20O3/c1-11(2)15(17)10-18-14-8-6-13(7-9-14)5-4-12(3)16/h6-9,11H,4-5,10H2,1-3H3. The van der Waals surface area contributed by atoms with Crippen molar-refractivity contribution in [1.29, 1.82) is 0 Å². The minimum Gasteiger partial charge on any atom is -0.486 e. The molecule has 0 bridgehead atoms. The SMILES string of the molecule is CC(=O)CCc1ccc(OCC(=O)C(C)C)cc1. The van der Waals surface area contributed by atoms with Crippen molar-refractivity contribution >= 4 is 11.6 Å². The molecule has 0 aliphatic rings. The Labute approximate surface area is 108 Å². The van der Waals surface area contributed by atoms with E-state index in [1.165, 1.54) is 0 Å². The zero-order valence-electron chi connectivity index (χ0n) is 11.2. The van der Waals surface area contributed by atoms with Crippen molar-refractivity contribution < 1.29 is 14.3 Å². The maximum absolute atomic E-state index is 11.4. The normalized spacial score (nSPS) is 10.4. The number of ketones is 2. The van der Waals surface area contributed by atoms with E-state index in [1.807, 2.05) is 38.1 Å². The number of hydrogen-bond acceptors (Lipinski definition) is 3. The number of hydrogen-bond donors (Lipinski definition) is 0. The van der Waals surface area contributed by atoms with Crippen molar-refractivity contribution in [2.45, 2.75) is 33.6 Å². The average Bonchev–Trinajstić information content (AvgIpc) is 2.34. The predicted octanol–water partition coefficient (Wildman–Crippen LogP) is 2.81. The quantitative estimate of drug-likeness (QED) is 0.745. The van der Waals surface area contributed by atoms with Gasteiger partial charge < -0.3 is 9.53 Å². The monoisotopic (exact) mass is 248 g/mol. The largest absolute Gasteiger partial charge is 0.486 e. The third-order valence-electron chi connectivity index (χ3n) is 2.71. The van der Waals surface area contributed by atoms with E-state index < -0.39 is 0 Å². The third kappa shape index (κ3) is 5.13. The molecule has 98 valence electrons. The van der Waals surface area contributed by atoms with E-state index in [0.29, 0.717) is 12.2 Å². The molecule has 0 aliphatic heterocycles. The molecule has 0 saturated heterocycles. The van der Waals surface area contributed by atoms with Crippen LogP contribution >= 0.6 is 0 Å². The summed E-state index contributed by atoms with van der Waals surface area (Å²) in [5.41, 5.74) is 1.10. The lowest BCUT2D eigenvalue weighted by Gasteiger charge is -2.08. The highest BCUT2D eigenvalue weighted by molar-refractivity contribution is 5.81. The molecule has 1 aromatic carbocycles. The van der Waals surface area contributed by atoms with Crippen LogP contribution in [0.3, 0.4) is 0 Å². The lowest BCUT2D eigenvalue weighted by atomic mass is 10.1. The maximum Gasteiger partial charge on any atom is 0.172 e. The highest BCUT2D eigenvalue weighted by atomic mass is 16.5. The summed E-state index contributed by atoms with van der Waals surface area (Å²) < 4.78 is 5.39. The second kappa shape index (κ2) is 6.94. The Morgan fingerprint density at radius 2 is 1.78 bits per heavy atom. The van der Waals surface area contributed by atoms with E-state index in [4.69, 9.17) is 4.74 Å². The van der Waals surface area contributed by atoms with Gasteiger partial charge in [0.15, 0.2) is 5.78 Å². The molecule has 0 N–H and O–H groups in total. The zero-order valence-corrected chi connectivity index (χ0v) is 11.2. The van der Waals surface area contributed by atoms with Crippen molar-refractivity contribution in [2.75, 3.05) is 6.61 Å². The molecule has 0 aliphatic carbocycles. The Bertz CT molecular complexity index is 404. The summed E-state index contributed by atoms with van der Waals surface area (Å²) in [4.78, 5) is 22.3. The molecule has 0 saturated carbocycles. The molecular weight excluding hydrogens is 228 g/mol. The van der Waals surface area contributed by atoms with Crippen molar-refractivity contribution in [3.05, 3.63) is 29.8 Å². The van der Waals surface area contributed by atoms with Gasteiger partial charge in [0.1, 0.15) is 18.1 Å². The van der Waals surface area contributed by atoms with Crippen LogP contribution in [0.5, 0.6) is 5.75 Å². The van der Waals surface area contributed by atoms with E-state index in [1.54, 1.807) is 6.92 Å².